The Hall–Kier alpha value is -3.82. The molecule has 0 saturated carbocycles. The molecule has 3 heterocycles. The summed E-state index contributed by atoms with van der Waals surface area (Å²) in [7, 11) is 1.75. The van der Waals surface area contributed by atoms with Gasteiger partial charge < -0.3 is 10.1 Å². The maximum atomic E-state index is 11.6. The Morgan fingerprint density at radius 3 is 2.79 bits per heavy atom. The van der Waals surface area contributed by atoms with E-state index in [-0.39, 0.29) is 12.5 Å². The van der Waals surface area contributed by atoms with Gasteiger partial charge in [0.15, 0.2) is 0 Å². The molecule has 0 aliphatic carbocycles. The lowest BCUT2D eigenvalue weighted by atomic mass is 10.3. The largest absolute Gasteiger partial charge is 0.458 e. The predicted molar refractivity (Wildman–Crippen MR) is 101 cm³/mol. The minimum Gasteiger partial charge on any atom is -0.458 e. The molecule has 3 aromatic heterocycles. The highest BCUT2D eigenvalue weighted by molar-refractivity contribution is 5.89. The van der Waals surface area contributed by atoms with Crippen LogP contribution < -0.4 is 10.1 Å². The Morgan fingerprint density at radius 2 is 2.00 bits per heavy atom. The van der Waals surface area contributed by atoms with Gasteiger partial charge in [-0.05, 0) is 34.7 Å². The third-order valence-corrected chi connectivity index (χ3v) is 4.07. The number of hydrogen-bond acceptors (Lipinski definition) is 7. The summed E-state index contributed by atoms with van der Waals surface area (Å²) in [6.45, 7) is 1.96. The van der Waals surface area contributed by atoms with Crippen LogP contribution in [0.15, 0.2) is 42.5 Å². The molecule has 0 aliphatic heterocycles. The van der Waals surface area contributed by atoms with Gasteiger partial charge in [0, 0.05) is 13.5 Å². The highest BCUT2D eigenvalue weighted by Crippen LogP contribution is 2.25. The smallest absolute Gasteiger partial charge is 0.305 e. The highest BCUT2D eigenvalue weighted by Gasteiger charge is 2.18. The number of ether oxygens (including phenoxy) is 1. The standard InChI is InChI=1S/C18H18N8O2/c1-3-16(27)21-15-10-6-7-12(19-15)11-28-18-20-13-8-4-5-9-14(13)26(18)17-22-23-24-25(17)2/h4-10H,3,11H2,1-2H3,(H,19,21,27). The molecule has 10 heteroatoms. The maximum absolute atomic E-state index is 11.6. The summed E-state index contributed by atoms with van der Waals surface area (Å²) in [5.74, 6) is 0.877. The van der Waals surface area contributed by atoms with Crippen molar-refractivity contribution in [1.29, 1.82) is 0 Å². The lowest BCUT2D eigenvalue weighted by molar-refractivity contribution is -0.115. The van der Waals surface area contributed by atoms with Crippen LogP contribution in [0.2, 0.25) is 0 Å². The molecule has 4 aromatic rings. The van der Waals surface area contributed by atoms with Crippen LogP contribution in [0.3, 0.4) is 0 Å². The molecule has 1 amide bonds. The highest BCUT2D eigenvalue weighted by atomic mass is 16.5. The van der Waals surface area contributed by atoms with E-state index in [0.717, 1.165) is 11.0 Å². The quantitative estimate of drug-likeness (QED) is 0.545. The zero-order valence-corrected chi connectivity index (χ0v) is 15.4. The van der Waals surface area contributed by atoms with Gasteiger partial charge in [0.1, 0.15) is 12.4 Å². The molecule has 0 fully saturated rings. The molecule has 142 valence electrons. The van der Waals surface area contributed by atoms with Crippen molar-refractivity contribution < 1.29 is 9.53 Å². The number of rotatable bonds is 6. The number of carbonyl (C=O) groups is 1. The van der Waals surface area contributed by atoms with E-state index in [1.165, 1.54) is 0 Å². The minimum absolute atomic E-state index is 0.0952. The molecule has 1 N–H and O–H groups in total. The van der Waals surface area contributed by atoms with E-state index < -0.39 is 0 Å². The van der Waals surface area contributed by atoms with Crippen molar-refractivity contribution in [1.82, 2.24) is 34.7 Å². The number of nitrogens with one attached hydrogen (secondary N) is 1. The van der Waals surface area contributed by atoms with Crippen LogP contribution in [-0.2, 0) is 18.4 Å². The van der Waals surface area contributed by atoms with Gasteiger partial charge in [0.05, 0.1) is 16.7 Å². The third-order valence-electron chi connectivity index (χ3n) is 4.07. The Balaban J connectivity index is 1.63. The fourth-order valence-electron chi connectivity index (χ4n) is 2.71. The number of imidazole rings is 1. The van der Waals surface area contributed by atoms with Crippen LogP contribution in [0.25, 0.3) is 17.0 Å². The number of pyridine rings is 1. The van der Waals surface area contributed by atoms with Crippen molar-refractivity contribution in [2.45, 2.75) is 20.0 Å². The Labute approximate surface area is 160 Å². The molecule has 4 rings (SSSR count). The van der Waals surface area contributed by atoms with Gasteiger partial charge in [0.25, 0.3) is 5.95 Å². The average Bonchev–Trinajstić information content (AvgIpc) is 3.29. The number of nitrogens with zero attached hydrogens (tertiary/aromatic N) is 7. The maximum Gasteiger partial charge on any atom is 0.305 e. The molecule has 0 saturated heterocycles. The first kappa shape index (κ1) is 17.6. The summed E-state index contributed by atoms with van der Waals surface area (Å²) >= 11 is 0. The lowest BCUT2D eigenvalue weighted by Gasteiger charge is -2.09. The SMILES string of the molecule is CCC(=O)Nc1cccc(COc2nc3ccccc3n2-c2nnnn2C)n1. The summed E-state index contributed by atoms with van der Waals surface area (Å²) in [6, 6.07) is 13.3. The molecule has 0 unspecified atom stereocenters. The topological polar surface area (TPSA) is 113 Å². The Morgan fingerprint density at radius 1 is 1.14 bits per heavy atom. The molecule has 1 aromatic carbocycles. The van der Waals surface area contributed by atoms with Crippen molar-refractivity contribution in [3.8, 4) is 12.0 Å². The predicted octanol–water partition coefficient (Wildman–Crippen LogP) is 1.87. The number of aryl methyl sites for hydroxylation is 1. The first-order valence-electron chi connectivity index (χ1n) is 8.74. The van der Waals surface area contributed by atoms with E-state index in [9.17, 15) is 4.79 Å². The summed E-state index contributed by atoms with van der Waals surface area (Å²) < 4.78 is 9.23. The lowest BCUT2D eigenvalue weighted by Crippen LogP contribution is -2.12. The van der Waals surface area contributed by atoms with Crippen molar-refractivity contribution in [2.75, 3.05) is 5.32 Å². The number of carbonyl (C=O) groups excluding carboxylic acids is 1. The molecule has 0 atom stereocenters. The van der Waals surface area contributed by atoms with Crippen LogP contribution in [-0.4, -0.2) is 40.6 Å². The summed E-state index contributed by atoms with van der Waals surface area (Å²) in [6.07, 6.45) is 0.387. The number of tetrazole rings is 1. The molecule has 0 spiro atoms. The van der Waals surface area contributed by atoms with E-state index in [1.54, 1.807) is 29.3 Å². The normalized spacial score (nSPS) is 10.9. The summed E-state index contributed by atoms with van der Waals surface area (Å²) in [5, 5.41) is 14.4. The molecule has 0 aliphatic rings. The van der Waals surface area contributed by atoms with Gasteiger partial charge in [-0.25, -0.2) is 14.2 Å². The van der Waals surface area contributed by atoms with Crippen molar-refractivity contribution in [3.63, 3.8) is 0 Å². The first-order chi connectivity index (χ1) is 13.7. The number of fused-ring (bicyclic) bond motifs is 1. The van der Waals surface area contributed by atoms with Gasteiger partial charge >= 0.3 is 6.01 Å². The number of amides is 1. The molecule has 10 nitrogen and oxygen atoms in total. The van der Waals surface area contributed by atoms with Crippen molar-refractivity contribution in [2.24, 2.45) is 7.05 Å². The zero-order chi connectivity index (χ0) is 19.5. The van der Waals surface area contributed by atoms with Crippen LogP contribution in [0, 0.1) is 0 Å². The zero-order valence-electron chi connectivity index (χ0n) is 15.4. The van der Waals surface area contributed by atoms with Crippen molar-refractivity contribution >= 4 is 22.8 Å². The monoisotopic (exact) mass is 378 g/mol. The third kappa shape index (κ3) is 3.39. The number of benzene rings is 1. The van der Waals surface area contributed by atoms with Crippen LogP contribution in [0.4, 0.5) is 5.82 Å². The molecule has 0 bridgehead atoms. The van der Waals surface area contributed by atoms with Crippen LogP contribution >= 0.6 is 0 Å². The number of para-hydroxylation sites is 2. The van der Waals surface area contributed by atoms with E-state index in [4.69, 9.17) is 4.74 Å². The summed E-state index contributed by atoms with van der Waals surface area (Å²) in [4.78, 5) is 20.5. The van der Waals surface area contributed by atoms with Gasteiger partial charge in [-0.15, -0.1) is 0 Å². The van der Waals surface area contributed by atoms with E-state index in [0.29, 0.717) is 29.9 Å². The second-order valence-electron chi connectivity index (χ2n) is 6.03. The van der Waals surface area contributed by atoms with Crippen molar-refractivity contribution in [3.05, 3.63) is 48.2 Å². The molecule has 28 heavy (non-hydrogen) atoms. The summed E-state index contributed by atoms with van der Waals surface area (Å²) in [5.41, 5.74) is 2.24. The Bertz CT molecular complexity index is 1130. The number of anilines is 1. The van der Waals surface area contributed by atoms with E-state index >= 15 is 0 Å². The number of aromatic nitrogens is 7. The van der Waals surface area contributed by atoms with Gasteiger partial charge in [-0.2, -0.15) is 4.98 Å². The van der Waals surface area contributed by atoms with Crippen LogP contribution in [0.1, 0.15) is 19.0 Å². The van der Waals surface area contributed by atoms with E-state index in [1.807, 2.05) is 36.4 Å². The Kier molecular flexibility index (Phi) is 4.67. The van der Waals surface area contributed by atoms with Gasteiger partial charge in [0.2, 0.25) is 5.91 Å². The fourth-order valence-corrected chi connectivity index (χ4v) is 2.71. The second kappa shape index (κ2) is 7.43. The molecule has 0 radical (unpaired) electrons. The minimum atomic E-state index is -0.0952. The first-order valence-corrected chi connectivity index (χ1v) is 8.74. The van der Waals surface area contributed by atoms with E-state index in [2.05, 4.69) is 30.8 Å². The second-order valence-corrected chi connectivity index (χ2v) is 6.03. The van der Waals surface area contributed by atoms with Gasteiger partial charge in [-0.1, -0.05) is 30.2 Å². The fraction of sp³-hybridized carbons (Fsp3) is 0.222. The molecular formula is C18H18N8O2. The average molecular weight is 378 g/mol. The number of hydrogen-bond donors (Lipinski definition) is 1. The van der Waals surface area contributed by atoms with Crippen LogP contribution in [0.5, 0.6) is 6.01 Å². The van der Waals surface area contributed by atoms with Gasteiger partial charge in [-0.3, -0.25) is 4.79 Å². The molecular weight excluding hydrogens is 360 g/mol.